The van der Waals surface area contributed by atoms with Gasteiger partial charge in [-0.3, -0.25) is 0 Å². The summed E-state index contributed by atoms with van der Waals surface area (Å²) in [6, 6.07) is 0. The molecule has 0 aromatic heterocycles. The van der Waals surface area contributed by atoms with Gasteiger partial charge in [0.05, 0.1) is 0 Å². The van der Waals surface area contributed by atoms with E-state index in [0.717, 1.165) is 0 Å². The Morgan fingerprint density at radius 1 is 0.636 bits per heavy atom. The molecule has 0 aromatic rings. The molecule has 0 spiro atoms. The molecule has 0 saturated carbocycles. The first-order valence-corrected chi connectivity index (χ1v) is 7.89. The van der Waals surface area contributed by atoms with Gasteiger partial charge in [-0.15, -0.1) is 0 Å². The zero-order valence-electron chi connectivity index (χ0n) is 4.58. The van der Waals surface area contributed by atoms with Gasteiger partial charge in [-0.1, -0.05) is 0 Å². The molecule has 0 aliphatic rings. The molecule has 0 radical (unpaired) electrons. The van der Waals surface area contributed by atoms with Gasteiger partial charge in [-0.2, -0.15) is 0 Å². The van der Waals surface area contributed by atoms with E-state index in [9.17, 15) is 0 Å². The molecule has 64 valence electrons. The van der Waals surface area contributed by atoms with E-state index < -0.39 is 33.5 Å². The zero-order valence-corrected chi connectivity index (χ0v) is 10.2. The monoisotopic (exact) mass is 372 g/mol. The summed E-state index contributed by atoms with van der Waals surface area (Å²) in [5.74, 6) is 0. The van der Waals surface area contributed by atoms with Crippen molar-refractivity contribution in [2.45, 2.75) is 0 Å². The maximum atomic E-state index is 8.63. The molecule has 0 rings (SSSR count). The van der Waals surface area contributed by atoms with Crippen LogP contribution in [0.2, 0.25) is 0 Å². The fraction of sp³-hybridized carbons (Fsp3) is 0. The first-order chi connectivity index (χ1) is 4.00. The van der Waals surface area contributed by atoms with Crippen LogP contribution in [0.1, 0.15) is 0 Å². The van der Waals surface area contributed by atoms with E-state index in [1.807, 2.05) is 0 Å². The maximum Gasteiger partial charge on any atom is 4.00 e. The van der Waals surface area contributed by atoms with Crippen LogP contribution in [0.4, 0.5) is 0 Å². The molecule has 8 nitrogen and oxygen atoms in total. The van der Waals surface area contributed by atoms with Crippen LogP contribution >= 0.6 is 0 Å². The minimum Gasteiger partial charge on any atom is 4.00 e. The second kappa shape index (κ2) is 6.63. The summed E-state index contributed by atoms with van der Waals surface area (Å²) in [7, 11) is 0. The maximum absolute atomic E-state index is 8.63. The molecule has 0 bridgehead atoms. The summed E-state index contributed by atoms with van der Waals surface area (Å²) < 4.78 is 69.0. The van der Waals surface area contributed by atoms with Crippen LogP contribution < -0.4 is 15.0 Å². The van der Waals surface area contributed by atoms with Crippen LogP contribution in [0.15, 0.2) is 0 Å². The Morgan fingerprint density at radius 2 is 0.636 bits per heavy atom. The minimum atomic E-state index is -6.02. The summed E-state index contributed by atoms with van der Waals surface area (Å²) in [6.45, 7) is 0. The number of hydrogen-bond donors (Lipinski definition) is 0. The first-order valence-electron chi connectivity index (χ1n) is 1.33. The molecule has 0 amide bonds. The average Bonchev–Trinajstić information content (AvgIpc) is 1.12. The van der Waals surface area contributed by atoms with Crippen LogP contribution in [0.25, 0.3) is 0 Å². The molecule has 0 N–H and O–H groups in total. The van der Waals surface area contributed by atoms with Gasteiger partial charge in [0.1, 0.15) is 0 Å². The topological polar surface area (TPSA) is 161 Å². The third kappa shape index (κ3) is 726. The summed E-state index contributed by atoms with van der Waals surface area (Å²) in [5.41, 5.74) is 0. The Labute approximate surface area is 83.2 Å². The fourth-order valence-corrected chi connectivity index (χ4v) is 0. The average molecular weight is 368 g/mol. The largest absolute Gasteiger partial charge is 4.00 e. The van der Waals surface area contributed by atoms with Crippen molar-refractivity contribution < 1.29 is 83.8 Å². The fourth-order valence-electron chi connectivity index (χ4n) is 0. The summed E-state index contributed by atoms with van der Waals surface area (Å²) in [4.78, 5) is 0. The SMILES string of the molecule is [O]=[Mo](=[O])([O-])[O-].[O]=[Mo](=[O])([O-])[O-].[Ti+4]. The Hall–Kier alpha value is 1.13. The normalized spacial score (nSPS) is 10.5. The molecule has 0 fully saturated rings. The molecule has 0 aliphatic carbocycles. The van der Waals surface area contributed by atoms with Gasteiger partial charge in [0.25, 0.3) is 0 Å². The van der Waals surface area contributed by atoms with Crippen molar-refractivity contribution in [1.29, 1.82) is 0 Å². The molecule has 0 unspecified atom stereocenters. The molecule has 0 saturated heterocycles. The molecular formula is Mo2O8Ti. The zero-order chi connectivity index (χ0) is 9.00. The van der Waals surface area contributed by atoms with Crippen LogP contribution in [-0.4, -0.2) is 0 Å². The van der Waals surface area contributed by atoms with E-state index in [-0.39, 0.29) is 21.7 Å². The van der Waals surface area contributed by atoms with Gasteiger partial charge in [0, 0.05) is 0 Å². The Morgan fingerprint density at radius 3 is 0.636 bits per heavy atom. The van der Waals surface area contributed by atoms with E-state index in [1.54, 1.807) is 0 Å². The summed E-state index contributed by atoms with van der Waals surface area (Å²) in [6.07, 6.45) is 0. The Bertz CT molecular complexity index is 208. The van der Waals surface area contributed by atoms with Gasteiger partial charge in [-0.05, 0) is 0 Å². The standard InChI is InChI=1S/2Mo.8O.Ti/q;;;;;;4*-1;+4. The Balaban J connectivity index is -0.000000107. The van der Waals surface area contributed by atoms with Gasteiger partial charge < -0.3 is 0 Å². The van der Waals surface area contributed by atoms with Crippen molar-refractivity contribution >= 4 is 0 Å². The van der Waals surface area contributed by atoms with Crippen molar-refractivity contribution in [2.75, 3.05) is 0 Å². The van der Waals surface area contributed by atoms with Crippen molar-refractivity contribution in [3.63, 3.8) is 0 Å². The molecule has 11 heavy (non-hydrogen) atoms. The number of hydrogen-bond acceptors (Lipinski definition) is 8. The van der Waals surface area contributed by atoms with Gasteiger partial charge in [0.2, 0.25) is 0 Å². The summed E-state index contributed by atoms with van der Waals surface area (Å²) >= 11 is -12.0. The van der Waals surface area contributed by atoms with Crippen LogP contribution in [0.5, 0.6) is 0 Å². The van der Waals surface area contributed by atoms with Crippen LogP contribution in [0, 0.1) is 0 Å². The molecule has 0 aliphatic heterocycles. The first kappa shape index (κ1) is 18.0. The van der Waals surface area contributed by atoms with E-state index in [1.165, 1.54) is 0 Å². The molecule has 0 heterocycles. The van der Waals surface area contributed by atoms with Crippen LogP contribution in [0.3, 0.4) is 0 Å². The van der Waals surface area contributed by atoms with Crippen molar-refractivity contribution in [3.8, 4) is 0 Å². The van der Waals surface area contributed by atoms with Crippen molar-refractivity contribution in [3.05, 3.63) is 0 Å². The number of rotatable bonds is 0. The molecular weight excluding hydrogens is 368 g/mol. The smallest absolute Gasteiger partial charge is 4.00 e. The minimum absolute atomic E-state index is 0. The van der Waals surface area contributed by atoms with Crippen LogP contribution in [-0.2, 0) is 68.8 Å². The predicted octanol–water partition coefficient (Wildman–Crippen LogP) is -5.24. The van der Waals surface area contributed by atoms with Gasteiger partial charge >= 0.3 is 83.8 Å². The third-order valence-electron chi connectivity index (χ3n) is 0. The quantitative estimate of drug-likeness (QED) is 0.384. The van der Waals surface area contributed by atoms with E-state index in [0.29, 0.717) is 0 Å². The van der Waals surface area contributed by atoms with E-state index >= 15 is 0 Å². The summed E-state index contributed by atoms with van der Waals surface area (Å²) in [5, 5.41) is 0. The Kier molecular flexibility index (Phi) is 10.9. The molecule has 0 atom stereocenters. The second-order valence-electron chi connectivity index (χ2n) is 0.816. The van der Waals surface area contributed by atoms with E-state index in [4.69, 9.17) is 28.6 Å². The van der Waals surface area contributed by atoms with Crippen molar-refractivity contribution in [2.24, 2.45) is 0 Å². The second-order valence-corrected chi connectivity index (χ2v) is 4.83. The van der Waals surface area contributed by atoms with Gasteiger partial charge in [0.15, 0.2) is 0 Å². The molecule has 11 heteroatoms. The van der Waals surface area contributed by atoms with Crippen molar-refractivity contribution in [1.82, 2.24) is 0 Å². The van der Waals surface area contributed by atoms with Gasteiger partial charge in [-0.25, -0.2) is 0 Å². The molecule has 0 aromatic carbocycles. The third-order valence-corrected chi connectivity index (χ3v) is 0. The van der Waals surface area contributed by atoms with E-state index in [2.05, 4.69) is 0 Å². The predicted molar refractivity (Wildman–Crippen MR) is 2.75 cm³/mol.